The van der Waals surface area contributed by atoms with Gasteiger partial charge in [-0.15, -0.1) is 0 Å². The Bertz CT molecular complexity index is 568. The molecule has 0 N–H and O–H groups in total. The molecule has 7 nitrogen and oxygen atoms in total. The van der Waals surface area contributed by atoms with E-state index in [1.165, 1.54) is 0 Å². The molecule has 3 aliphatic rings. The SMILES string of the molecule is CCCN1CCCN(C(=O)[C@H]2CCC(=O)N(CCCN3CCCC3=O)C2)CC1. The number of amides is 3. The summed E-state index contributed by atoms with van der Waals surface area (Å²) in [6, 6.07) is 0. The van der Waals surface area contributed by atoms with Crippen LogP contribution in [0.25, 0.3) is 0 Å². The minimum atomic E-state index is -0.0659. The molecule has 28 heavy (non-hydrogen) atoms. The Kier molecular flexibility index (Phi) is 7.71. The Balaban J connectivity index is 1.46. The molecule has 0 bridgehead atoms. The van der Waals surface area contributed by atoms with Crippen molar-refractivity contribution in [1.82, 2.24) is 19.6 Å². The lowest BCUT2D eigenvalue weighted by molar-refractivity contribution is -0.143. The predicted molar refractivity (Wildman–Crippen MR) is 108 cm³/mol. The maximum atomic E-state index is 13.1. The number of likely N-dealkylation sites (tertiary alicyclic amines) is 2. The average Bonchev–Trinajstić information content (AvgIpc) is 2.95. The van der Waals surface area contributed by atoms with Crippen LogP contribution in [-0.2, 0) is 14.4 Å². The monoisotopic (exact) mass is 392 g/mol. The Morgan fingerprint density at radius 2 is 1.68 bits per heavy atom. The first-order valence-electron chi connectivity index (χ1n) is 11.1. The number of hydrogen-bond acceptors (Lipinski definition) is 4. The zero-order valence-corrected chi connectivity index (χ0v) is 17.4. The standard InChI is InChI=1S/C21H36N4O3/c1-2-9-22-10-4-13-24(16-15-22)21(28)18-7-8-20(27)25(17-18)14-5-12-23-11-3-6-19(23)26/h18H,2-17H2,1H3/t18-/m0/s1. The van der Waals surface area contributed by atoms with E-state index in [-0.39, 0.29) is 23.6 Å². The van der Waals surface area contributed by atoms with Gasteiger partial charge in [0, 0.05) is 58.7 Å². The highest BCUT2D eigenvalue weighted by atomic mass is 16.2. The van der Waals surface area contributed by atoms with Crippen LogP contribution in [0.15, 0.2) is 0 Å². The summed E-state index contributed by atoms with van der Waals surface area (Å²) in [6.45, 7) is 9.73. The summed E-state index contributed by atoms with van der Waals surface area (Å²) >= 11 is 0. The van der Waals surface area contributed by atoms with Gasteiger partial charge in [0.15, 0.2) is 0 Å². The van der Waals surface area contributed by atoms with Crippen molar-refractivity contribution in [3.8, 4) is 0 Å². The van der Waals surface area contributed by atoms with Gasteiger partial charge < -0.3 is 19.6 Å². The highest BCUT2D eigenvalue weighted by molar-refractivity contribution is 5.84. The van der Waals surface area contributed by atoms with Crippen molar-refractivity contribution in [2.24, 2.45) is 5.92 Å². The molecule has 0 unspecified atom stereocenters. The molecule has 0 saturated carbocycles. The molecule has 3 fully saturated rings. The van der Waals surface area contributed by atoms with Gasteiger partial charge in [-0.25, -0.2) is 0 Å². The van der Waals surface area contributed by atoms with E-state index in [1.54, 1.807) is 0 Å². The second-order valence-corrected chi connectivity index (χ2v) is 8.43. The van der Waals surface area contributed by atoms with Gasteiger partial charge in [0.1, 0.15) is 0 Å². The van der Waals surface area contributed by atoms with Gasteiger partial charge in [-0.2, -0.15) is 0 Å². The number of rotatable bonds is 7. The Morgan fingerprint density at radius 3 is 2.43 bits per heavy atom. The first kappa shape index (κ1) is 21.1. The van der Waals surface area contributed by atoms with E-state index < -0.39 is 0 Å². The van der Waals surface area contributed by atoms with Crippen molar-refractivity contribution in [1.29, 1.82) is 0 Å². The number of piperidine rings is 1. The van der Waals surface area contributed by atoms with Crippen molar-refractivity contribution in [2.45, 2.75) is 51.9 Å². The Labute approximate surface area is 169 Å². The molecule has 0 radical (unpaired) electrons. The van der Waals surface area contributed by atoms with Gasteiger partial charge in [0.25, 0.3) is 0 Å². The molecule has 7 heteroatoms. The second kappa shape index (κ2) is 10.2. The fraction of sp³-hybridized carbons (Fsp3) is 0.857. The van der Waals surface area contributed by atoms with Crippen molar-refractivity contribution in [2.75, 3.05) is 58.9 Å². The van der Waals surface area contributed by atoms with Crippen LogP contribution in [0.5, 0.6) is 0 Å². The molecule has 158 valence electrons. The third-order valence-electron chi connectivity index (χ3n) is 6.32. The quantitative estimate of drug-likeness (QED) is 0.653. The van der Waals surface area contributed by atoms with Gasteiger partial charge in [-0.05, 0) is 45.2 Å². The summed E-state index contributed by atoms with van der Waals surface area (Å²) in [4.78, 5) is 45.3. The molecule has 0 aromatic carbocycles. The van der Waals surface area contributed by atoms with E-state index in [1.807, 2.05) is 14.7 Å². The highest BCUT2D eigenvalue weighted by Crippen LogP contribution is 2.21. The van der Waals surface area contributed by atoms with E-state index in [4.69, 9.17) is 0 Å². The molecule has 0 aromatic rings. The third-order valence-corrected chi connectivity index (χ3v) is 6.32. The number of carbonyl (C=O) groups is 3. The summed E-state index contributed by atoms with van der Waals surface area (Å²) in [7, 11) is 0. The fourth-order valence-corrected chi connectivity index (χ4v) is 4.71. The Morgan fingerprint density at radius 1 is 0.893 bits per heavy atom. The van der Waals surface area contributed by atoms with Gasteiger partial charge in [-0.3, -0.25) is 14.4 Å². The predicted octanol–water partition coefficient (Wildman–Crippen LogP) is 1.18. The molecule has 3 aliphatic heterocycles. The van der Waals surface area contributed by atoms with Gasteiger partial charge >= 0.3 is 0 Å². The van der Waals surface area contributed by atoms with Crippen LogP contribution < -0.4 is 0 Å². The minimum absolute atomic E-state index is 0.0659. The van der Waals surface area contributed by atoms with Crippen LogP contribution in [0.4, 0.5) is 0 Å². The Hall–Kier alpha value is -1.63. The topological polar surface area (TPSA) is 64.2 Å². The summed E-state index contributed by atoms with van der Waals surface area (Å²) < 4.78 is 0. The summed E-state index contributed by atoms with van der Waals surface area (Å²) in [5.41, 5.74) is 0. The molecule has 0 aromatic heterocycles. The zero-order chi connectivity index (χ0) is 19.9. The first-order chi connectivity index (χ1) is 13.6. The van der Waals surface area contributed by atoms with E-state index in [0.29, 0.717) is 32.4 Å². The largest absolute Gasteiger partial charge is 0.343 e. The molecular formula is C21H36N4O3. The van der Waals surface area contributed by atoms with Crippen molar-refractivity contribution in [3.05, 3.63) is 0 Å². The lowest BCUT2D eigenvalue weighted by atomic mass is 9.95. The summed E-state index contributed by atoms with van der Waals surface area (Å²) in [5.74, 6) is 0.549. The molecule has 0 spiro atoms. The first-order valence-corrected chi connectivity index (χ1v) is 11.1. The van der Waals surface area contributed by atoms with Crippen LogP contribution in [0.3, 0.4) is 0 Å². The summed E-state index contributed by atoms with van der Waals surface area (Å²) in [5, 5.41) is 0. The normalized spacial score (nSPS) is 24.8. The van der Waals surface area contributed by atoms with E-state index in [0.717, 1.165) is 71.5 Å². The van der Waals surface area contributed by atoms with Gasteiger partial charge in [-0.1, -0.05) is 6.92 Å². The maximum absolute atomic E-state index is 13.1. The van der Waals surface area contributed by atoms with Gasteiger partial charge in [0.05, 0.1) is 5.92 Å². The number of carbonyl (C=O) groups excluding carboxylic acids is 3. The van der Waals surface area contributed by atoms with Crippen LogP contribution in [0.2, 0.25) is 0 Å². The van der Waals surface area contributed by atoms with Crippen LogP contribution in [0.1, 0.15) is 51.9 Å². The molecular weight excluding hydrogens is 356 g/mol. The number of hydrogen-bond donors (Lipinski definition) is 0. The zero-order valence-electron chi connectivity index (χ0n) is 17.4. The maximum Gasteiger partial charge on any atom is 0.227 e. The average molecular weight is 393 g/mol. The second-order valence-electron chi connectivity index (χ2n) is 8.43. The molecule has 3 rings (SSSR count). The van der Waals surface area contributed by atoms with Crippen LogP contribution in [0, 0.1) is 5.92 Å². The lowest BCUT2D eigenvalue weighted by Gasteiger charge is -2.35. The molecule has 3 saturated heterocycles. The molecule has 3 amide bonds. The van der Waals surface area contributed by atoms with Crippen molar-refractivity contribution >= 4 is 17.7 Å². The van der Waals surface area contributed by atoms with Crippen LogP contribution >= 0.6 is 0 Å². The number of nitrogens with zero attached hydrogens (tertiary/aromatic N) is 4. The van der Waals surface area contributed by atoms with Gasteiger partial charge in [0.2, 0.25) is 17.7 Å². The fourth-order valence-electron chi connectivity index (χ4n) is 4.71. The van der Waals surface area contributed by atoms with Crippen molar-refractivity contribution < 1.29 is 14.4 Å². The molecule has 0 aliphatic carbocycles. The summed E-state index contributed by atoms with van der Waals surface area (Å²) in [6.07, 6.45) is 5.73. The lowest BCUT2D eigenvalue weighted by Crippen LogP contribution is -2.48. The third kappa shape index (κ3) is 5.46. The van der Waals surface area contributed by atoms with E-state index >= 15 is 0 Å². The molecule has 1 atom stereocenters. The van der Waals surface area contributed by atoms with Crippen molar-refractivity contribution in [3.63, 3.8) is 0 Å². The molecule has 3 heterocycles. The van der Waals surface area contributed by atoms with E-state index in [9.17, 15) is 14.4 Å². The highest BCUT2D eigenvalue weighted by Gasteiger charge is 2.33. The smallest absolute Gasteiger partial charge is 0.227 e. The van der Waals surface area contributed by atoms with E-state index in [2.05, 4.69) is 11.8 Å². The van der Waals surface area contributed by atoms with Crippen LogP contribution in [-0.4, -0.2) is 96.2 Å². The minimum Gasteiger partial charge on any atom is -0.343 e.